The molecule has 0 saturated heterocycles. The van der Waals surface area contributed by atoms with Crippen LogP contribution in [0.4, 0.5) is 0 Å². The van der Waals surface area contributed by atoms with Gasteiger partial charge in [0.15, 0.2) is 0 Å². The van der Waals surface area contributed by atoms with E-state index in [9.17, 15) is 0 Å². The molecule has 0 fully saturated rings. The van der Waals surface area contributed by atoms with E-state index in [0.29, 0.717) is 0 Å². The minimum atomic E-state index is -1.88. The van der Waals surface area contributed by atoms with E-state index in [0.717, 1.165) is 12.6 Å². The van der Waals surface area contributed by atoms with E-state index in [1.165, 1.54) is 34.2 Å². The summed E-state index contributed by atoms with van der Waals surface area (Å²) in [5.41, 5.74) is 2.68. The van der Waals surface area contributed by atoms with Crippen molar-refractivity contribution in [3.8, 4) is 0 Å². The summed E-state index contributed by atoms with van der Waals surface area (Å²) >= 11 is -0.135. The average Bonchev–Trinajstić information content (AvgIpc) is 2.99. The Morgan fingerprint density at radius 2 is 1.05 bits per heavy atom. The summed E-state index contributed by atoms with van der Waals surface area (Å²) in [6.07, 6.45) is 4.07. The van der Waals surface area contributed by atoms with Crippen molar-refractivity contribution in [1.29, 1.82) is 0 Å². The van der Waals surface area contributed by atoms with Gasteiger partial charge in [0.25, 0.3) is 0 Å². The molecule has 0 aliphatic carbocycles. The van der Waals surface area contributed by atoms with Gasteiger partial charge in [0.1, 0.15) is 0 Å². The molecule has 0 heterocycles. The van der Waals surface area contributed by atoms with Crippen molar-refractivity contribution in [1.82, 2.24) is 0 Å². The molecule has 0 saturated carbocycles. The first kappa shape index (κ1) is 27.5. The molecule has 5 rings (SSSR count). The number of benzene rings is 5. The molecule has 0 spiro atoms. The van der Waals surface area contributed by atoms with Crippen molar-refractivity contribution in [3.63, 3.8) is 0 Å². The second kappa shape index (κ2) is 13.3. The molecule has 0 bridgehead atoms. The molecule has 196 valence electrons. The maximum atomic E-state index is 5.09. The third-order valence-corrected chi connectivity index (χ3v) is 13.9. The summed E-state index contributed by atoms with van der Waals surface area (Å²) in [7, 11) is -1.88. The van der Waals surface area contributed by atoms with E-state index in [1.54, 1.807) is 0 Å². The number of aliphatic imine (C=N–C) groups is 1. The number of hydrogen-bond donors (Lipinski definition) is 0. The zero-order valence-corrected chi connectivity index (χ0v) is 25.7. The molecule has 5 aromatic carbocycles. The van der Waals surface area contributed by atoms with Crippen molar-refractivity contribution < 1.29 is 21.2 Å². The minimum absolute atomic E-state index is 0.135. The summed E-state index contributed by atoms with van der Waals surface area (Å²) < 4.78 is 2.92. The first-order chi connectivity index (χ1) is 19.1. The van der Waals surface area contributed by atoms with Gasteiger partial charge in [0, 0.05) is 0 Å². The van der Waals surface area contributed by atoms with E-state index in [-0.39, 0.29) is 27.2 Å². The van der Waals surface area contributed by atoms with Crippen LogP contribution in [0.5, 0.6) is 0 Å². The van der Waals surface area contributed by atoms with Gasteiger partial charge in [-0.1, -0.05) is 54.6 Å². The molecule has 1 unspecified atom stereocenters. The van der Waals surface area contributed by atoms with Crippen LogP contribution in [0.25, 0.3) is 0 Å². The molecule has 0 aliphatic heterocycles. The predicted molar refractivity (Wildman–Crippen MR) is 167 cm³/mol. The summed E-state index contributed by atoms with van der Waals surface area (Å²) in [5, 5.41) is 4.19. The van der Waals surface area contributed by atoms with E-state index in [2.05, 4.69) is 160 Å². The third-order valence-electron chi connectivity index (χ3n) is 6.98. The van der Waals surface area contributed by atoms with Crippen LogP contribution in [0, 0.1) is 14.1 Å². The Hall–Kier alpha value is -3.07. The van der Waals surface area contributed by atoms with Crippen LogP contribution in [0.2, 0.25) is 0 Å². The molecule has 39 heavy (non-hydrogen) atoms. The van der Waals surface area contributed by atoms with Crippen LogP contribution < -0.4 is 37.1 Å². The van der Waals surface area contributed by atoms with Crippen molar-refractivity contribution in [2.45, 2.75) is 26.3 Å². The second-order valence-electron chi connectivity index (χ2n) is 9.90. The van der Waals surface area contributed by atoms with Crippen molar-refractivity contribution in [2.24, 2.45) is 4.99 Å². The van der Waals surface area contributed by atoms with Gasteiger partial charge in [0.2, 0.25) is 0 Å². The summed E-state index contributed by atoms with van der Waals surface area (Å²) in [6, 6.07) is 51.5. The van der Waals surface area contributed by atoms with Crippen LogP contribution >= 0.6 is 7.26 Å². The van der Waals surface area contributed by atoms with Crippen LogP contribution in [-0.4, -0.2) is 18.4 Å². The molecule has 3 heteroatoms. The van der Waals surface area contributed by atoms with Gasteiger partial charge in [-0.25, -0.2) is 0 Å². The quantitative estimate of drug-likeness (QED) is 0.124. The average molecular weight is 640 g/mol. The fourth-order valence-corrected chi connectivity index (χ4v) is 11.0. The zero-order chi connectivity index (χ0) is 26.9. The molecular weight excluding hydrogens is 604 g/mol. The number of nitrogens with zero attached hydrogens (tertiary/aromatic N) is 1. The van der Waals surface area contributed by atoms with Crippen LogP contribution in [0.1, 0.15) is 18.1 Å². The van der Waals surface area contributed by atoms with Gasteiger partial charge >= 0.3 is 191 Å². The predicted octanol–water partition coefficient (Wildman–Crippen LogP) is 4.12. The molecule has 0 aliphatic rings. The molecule has 5 aromatic rings. The number of hydrogen-bond acceptors (Lipinski definition) is 1. The monoisotopic (exact) mass is 639 g/mol. The van der Waals surface area contributed by atoms with E-state index in [4.69, 9.17) is 4.99 Å². The van der Waals surface area contributed by atoms with Crippen LogP contribution in [0.3, 0.4) is 0 Å². The Labute approximate surface area is 244 Å². The van der Waals surface area contributed by atoms with Crippen molar-refractivity contribution in [2.75, 3.05) is 6.16 Å². The molecule has 0 amide bonds. The van der Waals surface area contributed by atoms with Gasteiger partial charge < -0.3 is 0 Å². The van der Waals surface area contributed by atoms with Crippen LogP contribution in [-0.2, 0) is 6.42 Å². The standard InChI is InChI=1S/C36H35INP/c1-29-18-22-32(23-19-29)37-33-24-20-31(21-25-33)28-30(2)38-26-27-39(34-12-6-3-7-13-34,35-14-8-4-9-15-35)36-16-10-5-11-17-36/h3-26,30H,27-28H2,1-2H3. The summed E-state index contributed by atoms with van der Waals surface area (Å²) in [4.78, 5) is 5.09. The molecule has 0 radical (unpaired) electrons. The fourth-order valence-electron chi connectivity index (χ4n) is 4.96. The van der Waals surface area contributed by atoms with Gasteiger partial charge in [-0.05, 0) is 0 Å². The first-order valence-electron chi connectivity index (χ1n) is 13.5. The van der Waals surface area contributed by atoms with Gasteiger partial charge in [0.05, 0.1) is 0 Å². The topological polar surface area (TPSA) is 12.4 Å². The normalized spacial score (nSPS) is 12.6. The van der Waals surface area contributed by atoms with E-state index >= 15 is 0 Å². The zero-order valence-electron chi connectivity index (χ0n) is 22.6. The van der Waals surface area contributed by atoms with E-state index < -0.39 is 7.26 Å². The number of aryl methyl sites for hydroxylation is 1. The Morgan fingerprint density at radius 3 is 1.51 bits per heavy atom. The summed E-state index contributed by atoms with van der Waals surface area (Å²) in [6.45, 7) is 4.38. The Bertz CT molecular complexity index is 1370. The SMILES string of the molecule is Cc1ccc([I-]c2ccc(CC(C)N=CC[P+](c3ccccc3)(c3ccccc3)c3ccccc3)cc2)cc1. The first-order valence-corrected chi connectivity index (χ1v) is 17.6. The second-order valence-corrected chi connectivity index (χ2v) is 16.5. The molecular formula is C36H35INP. The molecule has 1 nitrogen and oxygen atoms in total. The van der Waals surface area contributed by atoms with Gasteiger partial charge in [-0.15, -0.1) is 0 Å². The maximum absolute atomic E-state index is 5.09. The molecule has 1 atom stereocenters. The van der Waals surface area contributed by atoms with E-state index in [1.807, 2.05) is 0 Å². The Balaban J connectivity index is 1.34. The fraction of sp³-hybridized carbons (Fsp3) is 0.139. The third kappa shape index (κ3) is 6.93. The van der Waals surface area contributed by atoms with Crippen molar-refractivity contribution in [3.05, 3.63) is 158 Å². The summed E-state index contributed by atoms with van der Waals surface area (Å²) in [5.74, 6) is 0. The van der Waals surface area contributed by atoms with Gasteiger partial charge in [-0.3, -0.25) is 0 Å². The molecule has 0 aromatic heterocycles. The number of halogens is 1. The van der Waals surface area contributed by atoms with Crippen LogP contribution in [0.15, 0.2) is 145 Å². The Kier molecular flexibility index (Phi) is 9.40. The Morgan fingerprint density at radius 1 is 0.615 bits per heavy atom. The van der Waals surface area contributed by atoms with Gasteiger partial charge in [-0.2, -0.15) is 0 Å². The van der Waals surface area contributed by atoms with Crippen molar-refractivity contribution >= 4 is 29.4 Å². The molecule has 0 N–H and O–H groups in total. The number of rotatable bonds is 10.